The predicted molar refractivity (Wildman–Crippen MR) is 68.0 cm³/mol. The fourth-order valence-corrected chi connectivity index (χ4v) is 3.63. The van der Waals surface area contributed by atoms with Gasteiger partial charge in [0.25, 0.3) is 0 Å². The van der Waals surface area contributed by atoms with Gasteiger partial charge in [-0.1, -0.05) is 6.07 Å². The molecule has 100 valence electrons. The first-order valence-corrected chi connectivity index (χ1v) is 6.92. The van der Waals surface area contributed by atoms with Gasteiger partial charge in [-0.25, -0.2) is 0 Å². The summed E-state index contributed by atoms with van der Waals surface area (Å²) >= 11 is 1.53. The van der Waals surface area contributed by atoms with E-state index < -0.39 is 11.7 Å². The summed E-state index contributed by atoms with van der Waals surface area (Å²) in [6, 6.07) is 4.71. The number of alkyl halides is 3. The van der Waals surface area contributed by atoms with Crippen molar-refractivity contribution in [2.45, 2.75) is 36.4 Å². The standard InChI is InChI=1S/C13H16F3NS/c1-8(17-2)6-9-7-18-11-5-3-4-10(12(9)11)13(14,15)16/h3-5,8-9,17H,6-7H2,1-2H3. The second kappa shape index (κ2) is 5.13. The first kappa shape index (κ1) is 13.7. The zero-order chi connectivity index (χ0) is 13.3. The van der Waals surface area contributed by atoms with Crippen molar-refractivity contribution < 1.29 is 13.2 Å². The first-order chi connectivity index (χ1) is 8.43. The van der Waals surface area contributed by atoms with Crippen LogP contribution in [-0.4, -0.2) is 18.8 Å². The molecule has 0 spiro atoms. The van der Waals surface area contributed by atoms with E-state index in [0.29, 0.717) is 5.56 Å². The second-order valence-corrected chi connectivity index (χ2v) is 5.71. The molecule has 1 nitrogen and oxygen atoms in total. The van der Waals surface area contributed by atoms with Crippen molar-refractivity contribution in [3.8, 4) is 0 Å². The van der Waals surface area contributed by atoms with E-state index in [9.17, 15) is 13.2 Å². The Morgan fingerprint density at radius 3 is 2.78 bits per heavy atom. The van der Waals surface area contributed by atoms with Crippen molar-refractivity contribution in [2.75, 3.05) is 12.8 Å². The third-order valence-corrected chi connectivity index (χ3v) is 4.59. The van der Waals surface area contributed by atoms with Crippen LogP contribution in [0.15, 0.2) is 23.1 Å². The summed E-state index contributed by atoms with van der Waals surface area (Å²) in [6.45, 7) is 2.00. The Morgan fingerprint density at radius 2 is 2.17 bits per heavy atom. The normalized spacial score (nSPS) is 20.8. The van der Waals surface area contributed by atoms with E-state index in [2.05, 4.69) is 5.32 Å². The lowest BCUT2D eigenvalue weighted by atomic mass is 9.90. The van der Waals surface area contributed by atoms with Crippen molar-refractivity contribution in [1.29, 1.82) is 0 Å². The van der Waals surface area contributed by atoms with Crippen molar-refractivity contribution in [3.05, 3.63) is 29.3 Å². The van der Waals surface area contributed by atoms with E-state index in [1.807, 2.05) is 14.0 Å². The zero-order valence-corrected chi connectivity index (χ0v) is 11.2. The Kier molecular flexibility index (Phi) is 3.92. The van der Waals surface area contributed by atoms with Gasteiger partial charge < -0.3 is 5.32 Å². The van der Waals surface area contributed by atoms with Crippen LogP contribution in [0.2, 0.25) is 0 Å². The molecule has 2 atom stereocenters. The third kappa shape index (κ3) is 2.67. The number of hydrogen-bond donors (Lipinski definition) is 1. The molecule has 2 rings (SSSR count). The van der Waals surface area contributed by atoms with Gasteiger partial charge in [0.1, 0.15) is 0 Å². The molecule has 0 radical (unpaired) electrons. The molecule has 1 heterocycles. The summed E-state index contributed by atoms with van der Waals surface area (Å²) in [7, 11) is 1.84. The number of benzene rings is 1. The molecule has 1 aliphatic heterocycles. The Hall–Kier alpha value is -0.680. The van der Waals surface area contributed by atoms with Crippen molar-refractivity contribution in [2.24, 2.45) is 0 Å². The molecule has 5 heteroatoms. The van der Waals surface area contributed by atoms with Crippen LogP contribution in [0.4, 0.5) is 13.2 Å². The number of fused-ring (bicyclic) bond motifs is 1. The molecular formula is C13H16F3NS. The minimum atomic E-state index is -4.25. The van der Waals surface area contributed by atoms with Gasteiger partial charge in [0.15, 0.2) is 0 Å². The van der Waals surface area contributed by atoms with Crippen LogP contribution in [-0.2, 0) is 6.18 Å². The van der Waals surface area contributed by atoms with Gasteiger partial charge in [0.2, 0.25) is 0 Å². The van der Waals surface area contributed by atoms with Crippen molar-refractivity contribution >= 4 is 11.8 Å². The first-order valence-electron chi connectivity index (χ1n) is 5.93. The quantitative estimate of drug-likeness (QED) is 0.898. The Balaban J connectivity index is 2.35. The van der Waals surface area contributed by atoms with E-state index in [1.165, 1.54) is 23.9 Å². The average molecular weight is 275 g/mol. The van der Waals surface area contributed by atoms with Crippen LogP contribution in [0, 0.1) is 0 Å². The highest BCUT2D eigenvalue weighted by molar-refractivity contribution is 7.99. The molecule has 0 bridgehead atoms. The Bertz CT molecular complexity index is 431. The smallest absolute Gasteiger partial charge is 0.317 e. The number of thioether (sulfide) groups is 1. The van der Waals surface area contributed by atoms with Crippen LogP contribution < -0.4 is 5.32 Å². The van der Waals surface area contributed by atoms with Crippen LogP contribution >= 0.6 is 11.8 Å². The molecular weight excluding hydrogens is 259 g/mol. The molecule has 0 saturated heterocycles. The largest absolute Gasteiger partial charge is 0.416 e. The minimum Gasteiger partial charge on any atom is -0.317 e. The summed E-state index contributed by atoms with van der Waals surface area (Å²) in [4.78, 5) is 0.790. The molecule has 0 amide bonds. The fourth-order valence-electron chi connectivity index (χ4n) is 2.34. The summed E-state index contributed by atoms with van der Waals surface area (Å²) in [6.07, 6.45) is -3.51. The summed E-state index contributed by atoms with van der Waals surface area (Å²) in [5, 5.41) is 3.09. The summed E-state index contributed by atoms with van der Waals surface area (Å²) in [5.74, 6) is 0.735. The molecule has 1 aliphatic rings. The highest BCUT2D eigenvalue weighted by atomic mass is 32.2. The number of nitrogens with one attached hydrogen (secondary N) is 1. The maximum Gasteiger partial charge on any atom is 0.416 e. The van der Waals surface area contributed by atoms with Gasteiger partial charge >= 0.3 is 6.18 Å². The Morgan fingerprint density at radius 1 is 1.44 bits per heavy atom. The molecule has 18 heavy (non-hydrogen) atoms. The molecule has 1 aromatic carbocycles. The van der Waals surface area contributed by atoms with E-state index >= 15 is 0 Å². The molecule has 0 fully saturated rings. The molecule has 2 unspecified atom stereocenters. The van der Waals surface area contributed by atoms with E-state index in [0.717, 1.165) is 17.1 Å². The van der Waals surface area contributed by atoms with Gasteiger partial charge in [0.05, 0.1) is 5.56 Å². The number of rotatable bonds is 3. The van der Waals surface area contributed by atoms with Crippen LogP contribution in [0.25, 0.3) is 0 Å². The van der Waals surface area contributed by atoms with Gasteiger partial charge in [-0.2, -0.15) is 13.2 Å². The maximum absolute atomic E-state index is 13.0. The number of hydrogen-bond acceptors (Lipinski definition) is 2. The highest BCUT2D eigenvalue weighted by Crippen LogP contribution is 2.47. The van der Waals surface area contributed by atoms with E-state index in [1.54, 1.807) is 6.07 Å². The van der Waals surface area contributed by atoms with Gasteiger partial charge in [-0.3, -0.25) is 0 Å². The minimum absolute atomic E-state index is 0.00900. The molecule has 1 aromatic rings. The monoisotopic (exact) mass is 275 g/mol. The lowest BCUT2D eigenvalue weighted by Gasteiger charge is -2.20. The van der Waals surface area contributed by atoms with Crippen LogP contribution in [0.3, 0.4) is 0 Å². The maximum atomic E-state index is 13.0. The van der Waals surface area contributed by atoms with Gasteiger partial charge in [0, 0.05) is 16.7 Å². The summed E-state index contributed by atoms with van der Waals surface area (Å²) < 4.78 is 39.0. The Labute approximate surface area is 109 Å². The van der Waals surface area contributed by atoms with Crippen molar-refractivity contribution in [1.82, 2.24) is 5.32 Å². The molecule has 0 aromatic heterocycles. The van der Waals surface area contributed by atoms with Crippen LogP contribution in [0.1, 0.15) is 30.4 Å². The fraction of sp³-hybridized carbons (Fsp3) is 0.538. The predicted octanol–water partition coefficient (Wildman–Crippen LogP) is 3.89. The third-order valence-electron chi connectivity index (χ3n) is 3.35. The van der Waals surface area contributed by atoms with Crippen molar-refractivity contribution in [3.63, 3.8) is 0 Å². The highest BCUT2D eigenvalue weighted by Gasteiger charge is 2.38. The zero-order valence-electron chi connectivity index (χ0n) is 10.3. The van der Waals surface area contributed by atoms with E-state index in [-0.39, 0.29) is 12.0 Å². The van der Waals surface area contributed by atoms with E-state index in [4.69, 9.17) is 0 Å². The second-order valence-electron chi connectivity index (χ2n) is 4.65. The molecule has 0 saturated carbocycles. The SMILES string of the molecule is CNC(C)CC1CSc2cccc(C(F)(F)F)c21. The van der Waals surface area contributed by atoms with Crippen LogP contribution in [0.5, 0.6) is 0 Å². The number of halogens is 3. The molecule has 1 N–H and O–H groups in total. The average Bonchev–Trinajstić information content (AvgIpc) is 2.71. The summed E-state index contributed by atoms with van der Waals surface area (Å²) in [5.41, 5.74) is 0.0374. The van der Waals surface area contributed by atoms with Gasteiger partial charge in [-0.05, 0) is 44.0 Å². The van der Waals surface area contributed by atoms with Gasteiger partial charge in [-0.15, -0.1) is 11.8 Å². The lowest BCUT2D eigenvalue weighted by molar-refractivity contribution is -0.138. The topological polar surface area (TPSA) is 12.0 Å². The molecule has 0 aliphatic carbocycles. The lowest BCUT2D eigenvalue weighted by Crippen LogP contribution is -2.24.